The third-order valence-corrected chi connectivity index (χ3v) is 5.29. The molecule has 2 aliphatic rings. The Morgan fingerprint density at radius 2 is 2.12 bits per heavy atom. The van der Waals surface area contributed by atoms with Crippen LogP contribution in [0.2, 0.25) is 0 Å². The molecule has 2 aromatic rings. The zero-order valence-electron chi connectivity index (χ0n) is 14.6. The molecule has 25 heavy (non-hydrogen) atoms. The van der Waals surface area contributed by atoms with Gasteiger partial charge in [0.15, 0.2) is 0 Å². The first-order valence-corrected chi connectivity index (χ1v) is 8.89. The molecule has 1 saturated heterocycles. The number of methoxy groups -OCH3 is 1. The van der Waals surface area contributed by atoms with Crippen LogP contribution in [0.15, 0.2) is 30.6 Å². The fourth-order valence-electron chi connectivity index (χ4n) is 3.96. The molecule has 1 fully saturated rings. The number of hydrogen-bond donors (Lipinski definition) is 1. The number of fused-ring (bicyclic) bond motifs is 1. The van der Waals surface area contributed by atoms with Crippen molar-refractivity contribution in [2.24, 2.45) is 0 Å². The molecule has 0 spiro atoms. The van der Waals surface area contributed by atoms with Gasteiger partial charge in [0.25, 0.3) is 0 Å². The van der Waals surface area contributed by atoms with Crippen molar-refractivity contribution in [2.75, 3.05) is 36.6 Å². The number of aliphatic hydroxyl groups excluding tert-OH is 1. The maximum Gasteiger partial charge on any atom is 0.134 e. The van der Waals surface area contributed by atoms with Crippen molar-refractivity contribution in [3.8, 4) is 5.75 Å². The van der Waals surface area contributed by atoms with E-state index >= 15 is 0 Å². The average Bonchev–Trinajstić information content (AvgIpc) is 3.16. The van der Waals surface area contributed by atoms with E-state index in [4.69, 9.17) is 4.74 Å². The van der Waals surface area contributed by atoms with Crippen LogP contribution in [0.1, 0.15) is 24.0 Å². The second kappa shape index (κ2) is 6.88. The van der Waals surface area contributed by atoms with Gasteiger partial charge < -0.3 is 19.6 Å². The summed E-state index contributed by atoms with van der Waals surface area (Å²) in [7, 11) is 1.73. The lowest BCUT2D eigenvalue weighted by Gasteiger charge is -2.31. The molecule has 0 radical (unpaired) electrons. The molecule has 0 aliphatic carbocycles. The number of benzene rings is 1. The Labute approximate surface area is 148 Å². The first-order valence-electron chi connectivity index (χ1n) is 8.89. The zero-order valence-corrected chi connectivity index (χ0v) is 14.6. The number of aliphatic hydroxyl groups is 1. The SMILES string of the molecule is COc1cccc2c1CCN(c1cc(N3CCCC3CO)ncn1)C2. The van der Waals surface area contributed by atoms with E-state index in [1.165, 1.54) is 11.1 Å². The molecule has 1 atom stereocenters. The number of hydrogen-bond acceptors (Lipinski definition) is 6. The first kappa shape index (κ1) is 16.1. The molecule has 132 valence electrons. The summed E-state index contributed by atoms with van der Waals surface area (Å²) in [6.45, 7) is 2.86. The van der Waals surface area contributed by atoms with E-state index in [9.17, 15) is 5.11 Å². The van der Waals surface area contributed by atoms with Gasteiger partial charge in [0.1, 0.15) is 23.7 Å². The Bertz CT molecular complexity index is 752. The van der Waals surface area contributed by atoms with Gasteiger partial charge >= 0.3 is 0 Å². The Kier molecular flexibility index (Phi) is 4.44. The lowest BCUT2D eigenvalue weighted by molar-refractivity contribution is 0.266. The molecule has 1 aromatic heterocycles. The highest BCUT2D eigenvalue weighted by molar-refractivity contribution is 5.54. The van der Waals surface area contributed by atoms with Crippen molar-refractivity contribution >= 4 is 11.6 Å². The van der Waals surface area contributed by atoms with Crippen LogP contribution in [-0.2, 0) is 13.0 Å². The van der Waals surface area contributed by atoms with Gasteiger partial charge in [-0.2, -0.15) is 0 Å². The summed E-state index contributed by atoms with van der Waals surface area (Å²) in [5, 5.41) is 9.57. The summed E-state index contributed by atoms with van der Waals surface area (Å²) >= 11 is 0. The van der Waals surface area contributed by atoms with Crippen LogP contribution in [0.4, 0.5) is 11.6 Å². The van der Waals surface area contributed by atoms with Crippen LogP contribution >= 0.6 is 0 Å². The standard InChI is InChI=1S/C19H24N4O2/c1-25-17-6-2-4-14-11-22(9-7-16(14)17)18-10-19(21-13-20-18)23-8-3-5-15(23)12-24/h2,4,6,10,13,15,24H,3,5,7-9,11-12H2,1H3. The van der Waals surface area contributed by atoms with E-state index in [1.807, 2.05) is 12.1 Å². The van der Waals surface area contributed by atoms with E-state index in [2.05, 4.69) is 31.9 Å². The van der Waals surface area contributed by atoms with E-state index < -0.39 is 0 Å². The summed E-state index contributed by atoms with van der Waals surface area (Å²) in [5.41, 5.74) is 2.59. The van der Waals surface area contributed by atoms with Crippen LogP contribution in [0.25, 0.3) is 0 Å². The molecule has 6 nitrogen and oxygen atoms in total. The molecule has 1 aromatic carbocycles. The monoisotopic (exact) mass is 340 g/mol. The molecule has 1 N–H and O–H groups in total. The molecule has 1 unspecified atom stereocenters. The molecule has 0 bridgehead atoms. The third-order valence-electron chi connectivity index (χ3n) is 5.29. The summed E-state index contributed by atoms with van der Waals surface area (Å²) in [4.78, 5) is 13.4. The van der Waals surface area contributed by atoms with Crippen molar-refractivity contribution in [1.82, 2.24) is 9.97 Å². The molecular weight excluding hydrogens is 316 g/mol. The van der Waals surface area contributed by atoms with Gasteiger partial charge in [-0.25, -0.2) is 9.97 Å². The number of aromatic nitrogens is 2. The highest BCUT2D eigenvalue weighted by Gasteiger charge is 2.26. The number of rotatable bonds is 4. The van der Waals surface area contributed by atoms with Gasteiger partial charge in [-0.3, -0.25) is 0 Å². The minimum atomic E-state index is 0.175. The fourth-order valence-corrected chi connectivity index (χ4v) is 3.96. The summed E-state index contributed by atoms with van der Waals surface area (Å²) < 4.78 is 5.49. The molecule has 4 rings (SSSR count). The zero-order chi connectivity index (χ0) is 17.2. The second-order valence-electron chi connectivity index (χ2n) is 6.68. The predicted octanol–water partition coefficient (Wildman–Crippen LogP) is 2.01. The highest BCUT2D eigenvalue weighted by Crippen LogP contribution is 2.31. The molecule has 6 heteroatoms. The molecular formula is C19H24N4O2. The molecule has 0 amide bonds. The van der Waals surface area contributed by atoms with E-state index in [0.29, 0.717) is 0 Å². The van der Waals surface area contributed by atoms with Gasteiger partial charge in [0, 0.05) is 31.3 Å². The predicted molar refractivity (Wildman–Crippen MR) is 97.2 cm³/mol. The van der Waals surface area contributed by atoms with E-state index in [-0.39, 0.29) is 12.6 Å². The lowest BCUT2D eigenvalue weighted by atomic mass is 9.98. The van der Waals surface area contributed by atoms with E-state index in [1.54, 1.807) is 13.4 Å². The van der Waals surface area contributed by atoms with Gasteiger partial charge in [-0.05, 0) is 30.9 Å². The minimum Gasteiger partial charge on any atom is -0.496 e. The smallest absolute Gasteiger partial charge is 0.134 e. The highest BCUT2D eigenvalue weighted by atomic mass is 16.5. The van der Waals surface area contributed by atoms with Crippen LogP contribution in [0.3, 0.4) is 0 Å². The van der Waals surface area contributed by atoms with Crippen molar-refractivity contribution < 1.29 is 9.84 Å². The average molecular weight is 340 g/mol. The second-order valence-corrected chi connectivity index (χ2v) is 6.68. The Hall–Kier alpha value is -2.34. The normalized spacial score (nSPS) is 19.8. The van der Waals surface area contributed by atoms with Crippen molar-refractivity contribution in [1.29, 1.82) is 0 Å². The third kappa shape index (κ3) is 3.02. The topological polar surface area (TPSA) is 61.7 Å². The molecule has 2 aliphatic heterocycles. The Morgan fingerprint density at radius 1 is 1.24 bits per heavy atom. The minimum absolute atomic E-state index is 0.175. The maximum atomic E-state index is 9.57. The van der Waals surface area contributed by atoms with Crippen LogP contribution in [-0.4, -0.2) is 47.9 Å². The van der Waals surface area contributed by atoms with Crippen molar-refractivity contribution in [3.05, 3.63) is 41.7 Å². The largest absolute Gasteiger partial charge is 0.496 e. The number of ether oxygens (including phenoxy) is 1. The van der Waals surface area contributed by atoms with Gasteiger partial charge in [0.2, 0.25) is 0 Å². The maximum absolute atomic E-state index is 9.57. The first-order chi connectivity index (χ1) is 12.3. The van der Waals surface area contributed by atoms with Crippen molar-refractivity contribution in [3.63, 3.8) is 0 Å². The summed E-state index contributed by atoms with van der Waals surface area (Å²) in [5.74, 6) is 2.84. The Morgan fingerprint density at radius 3 is 2.96 bits per heavy atom. The quantitative estimate of drug-likeness (QED) is 0.919. The van der Waals surface area contributed by atoms with Gasteiger partial charge in [-0.1, -0.05) is 12.1 Å². The number of nitrogens with zero attached hydrogens (tertiary/aromatic N) is 4. The van der Waals surface area contributed by atoms with Gasteiger partial charge in [-0.15, -0.1) is 0 Å². The Balaban J connectivity index is 1.58. The van der Waals surface area contributed by atoms with Gasteiger partial charge in [0.05, 0.1) is 19.8 Å². The van der Waals surface area contributed by atoms with Crippen LogP contribution in [0, 0.1) is 0 Å². The molecule has 3 heterocycles. The van der Waals surface area contributed by atoms with Crippen LogP contribution < -0.4 is 14.5 Å². The summed E-state index contributed by atoms with van der Waals surface area (Å²) in [6.07, 6.45) is 4.70. The molecule has 0 saturated carbocycles. The van der Waals surface area contributed by atoms with E-state index in [0.717, 1.165) is 56.3 Å². The van der Waals surface area contributed by atoms with Crippen molar-refractivity contribution in [2.45, 2.75) is 31.8 Å². The number of anilines is 2. The fraction of sp³-hybridized carbons (Fsp3) is 0.474. The summed E-state index contributed by atoms with van der Waals surface area (Å²) in [6, 6.07) is 8.46. The van der Waals surface area contributed by atoms with Crippen LogP contribution in [0.5, 0.6) is 5.75 Å². The lowest BCUT2D eigenvalue weighted by Crippen LogP contribution is -2.34.